The Morgan fingerprint density at radius 2 is 1.95 bits per heavy atom. The maximum atomic E-state index is 6.18. The third-order valence-electron chi connectivity index (χ3n) is 5.63. The molecule has 0 radical (unpaired) electrons. The summed E-state index contributed by atoms with van der Waals surface area (Å²) in [6.45, 7) is 7.01. The number of nitrogens with zero attached hydrogens (tertiary/aromatic N) is 2. The van der Waals surface area contributed by atoms with Gasteiger partial charge in [0.25, 0.3) is 0 Å². The molecule has 112 valence electrons. The van der Waals surface area contributed by atoms with E-state index in [0.717, 1.165) is 18.4 Å². The molecule has 1 aliphatic carbocycles. The Hall–Kier alpha value is -0.120. The van der Waals surface area contributed by atoms with E-state index in [4.69, 9.17) is 5.73 Å². The van der Waals surface area contributed by atoms with Gasteiger partial charge in [0.1, 0.15) is 0 Å². The van der Waals surface area contributed by atoms with Crippen molar-refractivity contribution in [1.82, 2.24) is 9.80 Å². The standard InChI is InChI=1S/C16H33N3/c1-14-5-4-8-16(11-14,13-17)19(3)12-15-6-9-18(2)10-7-15/h14-15H,4-13,17H2,1-3H3. The molecule has 1 heterocycles. The van der Waals surface area contributed by atoms with Gasteiger partial charge in [-0.1, -0.05) is 19.8 Å². The summed E-state index contributed by atoms with van der Waals surface area (Å²) in [6.07, 6.45) is 8.07. The molecule has 0 aromatic rings. The fourth-order valence-corrected chi connectivity index (χ4v) is 4.15. The van der Waals surface area contributed by atoms with Crippen LogP contribution in [0.15, 0.2) is 0 Å². The summed E-state index contributed by atoms with van der Waals surface area (Å²) in [6, 6.07) is 0. The third kappa shape index (κ3) is 3.71. The Morgan fingerprint density at radius 1 is 1.26 bits per heavy atom. The normalized spacial score (nSPS) is 34.9. The Balaban J connectivity index is 1.91. The van der Waals surface area contributed by atoms with Gasteiger partial charge >= 0.3 is 0 Å². The summed E-state index contributed by atoms with van der Waals surface area (Å²) in [4.78, 5) is 5.08. The minimum atomic E-state index is 0.293. The summed E-state index contributed by atoms with van der Waals surface area (Å²) < 4.78 is 0. The van der Waals surface area contributed by atoms with Gasteiger partial charge in [-0.05, 0) is 64.7 Å². The van der Waals surface area contributed by atoms with Crippen molar-refractivity contribution in [3.63, 3.8) is 0 Å². The fraction of sp³-hybridized carbons (Fsp3) is 1.00. The molecule has 2 N–H and O–H groups in total. The second-order valence-electron chi connectivity index (χ2n) is 7.26. The molecule has 19 heavy (non-hydrogen) atoms. The number of hydrogen-bond donors (Lipinski definition) is 1. The Morgan fingerprint density at radius 3 is 2.53 bits per heavy atom. The summed E-state index contributed by atoms with van der Waals surface area (Å²) in [5.41, 5.74) is 6.47. The fourth-order valence-electron chi connectivity index (χ4n) is 4.15. The Kier molecular flexibility index (Phi) is 5.27. The van der Waals surface area contributed by atoms with Gasteiger partial charge < -0.3 is 10.6 Å². The molecular formula is C16H33N3. The molecule has 1 aliphatic heterocycles. The second-order valence-corrected chi connectivity index (χ2v) is 7.26. The third-order valence-corrected chi connectivity index (χ3v) is 5.63. The van der Waals surface area contributed by atoms with E-state index in [1.807, 2.05) is 0 Å². The molecule has 3 heteroatoms. The van der Waals surface area contributed by atoms with E-state index in [-0.39, 0.29) is 0 Å². The van der Waals surface area contributed by atoms with E-state index in [9.17, 15) is 0 Å². The monoisotopic (exact) mass is 267 g/mol. The number of nitrogens with two attached hydrogens (primary N) is 1. The van der Waals surface area contributed by atoms with Gasteiger partial charge in [0.05, 0.1) is 0 Å². The van der Waals surface area contributed by atoms with Crippen LogP contribution >= 0.6 is 0 Å². The minimum Gasteiger partial charge on any atom is -0.329 e. The van der Waals surface area contributed by atoms with E-state index < -0.39 is 0 Å². The van der Waals surface area contributed by atoms with Crippen LogP contribution in [-0.2, 0) is 0 Å². The quantitative estimate of drug-likeness (QED) is 0.847. The van der Waals surface area contributed by atoms with Crippen molar-refractivity contribution < 1.29 is 0 Å². The zero-order valence-corrected chi connectivity index (χ0v) is 13.2. The molecule has 1 saturated carbocycles. The molecule has 1 saturated heterocycles. The van der Waals surface area contributed by atoms with Crippen molar-refractivity contribution in [2.45, 2.75) is 51.0 Å². The van der Waals surface area contributed by atoms with Gasteiger partial charge in [-0.15, -0.1) is 0 Å². The molecule has 0 aromatic carbocycles. The highest BCUT2D eigenvalue weighted by molar-refractivity contribution is 4.95. The highest BCUT2D eigenvalue weighted by atomic mass is 15.2. The Labute approximate surface area is 119 Å². The van der Waals surface area contributed by atoms with Crippen molar-refractivity contribution in [2.24, 2.45) is 17.6 Å². The molecule has 2 atom stereocenters. The van der Waals surface area contributed by atoms with Crippen LogP contribution in [0.25, 0.3) is 0 Å². The predicted molar refractivity (Wildman–Crippen MR) is 82.3 cm³/mol. The van der Waals surface area contributed by atoms with E-state index in [0.29, 0.717) is 5.54 Å². The van der Waals surface area contributed by atoms with E-state index >= 15 is 0 Å². The molecule has 0 amide bonds. The molecule has 0 aromatic heterocycles. The van der Waals surface area contributed by atoms with Gasteiger partial charge in [-0.3, -0.25) is 4.90 Å². The van der Waals surface area contributed by atoms with Crippen LogP contribution in [0.2, 0.25) is 0 Å². The predicted octanol–water partition coefficient (Wildman–Crippen LogP) is 2.17. The zero-order valence-electron chi connectivity index (χ0n) is 13.2. The largest absolute Gasteiger partial charge is 0.329 e. The van der Waals surface area contributed by atoms with Crippen LogP contribution in [0.5, 0.6) is 0 Å². The lowest BCUT2D eigenvalue weighted by Gasteiger charge is -2.47. The summed E-state index contributed by atoms with van der Waals surface area (Å²) in [7, 11) is 4.56. The zero-order chi connectivity index (χ0) is 13.9. The molecule has 3 nitrogen and oxygen atoms in total. The molecule has 2 fully saturated rings. The molecule has 2 rings (SSSR count). The van der Waals surface area contributed by atoms with Crippen LogP contribution in [0.3, 0.4) is 0 Å². The van der Waals surface area contributed by atoms with Crippen LogP contribution in [0.4, 0.5) is 0 Å². The maximum Gasteiger partial charge on any atom is 0.0331 e. The smallest absolute Gasteiger partial charge is 0.0331 e. The lowest BCUT2D eigenvalue weighted by Crippen LogP contribution is -2.56. The highest BCUT2D eigenvalue weighted by Crippen LogP contribution is 2.36. The molecule has 2 aliphatic rings. The van der Waals surface area contributed by atoms with Gasteiger partial charge in [-0.25, -0.2) is 0 Å². The molecule has 0 bridgehead atoms. The van der Waals surface area contributed by atoms with Gasteiger partial charge in [0, 0.05) is 18.6 Å². The summed E-state index contributed by atoms with van der Waals surface area (Å²) in [5.74, 6) is 1.72. The molecular weight excluding hydrogens is 234 g/mol. The van der Waals surface area contributed by atoms with Crippen molar-refractivity contribution in [3.05, 3.63) is 0 Å². The SMILES string of the molecule is CC1CCCC(CN)(N(C)CC2CCN(C)CC2)C1. The summed E-state index contributed by atoms with van der Waals surface area (Å²) in [5, 5.41) is 0. The van der Waals surface area contributed by atoms with Gasteiger partial charge in [-0.2, -0.15) is 0 Å². The first-order chi connectivity index (χ1) is 9.05. The molecule has 0 spiro atoms. The number of likely N-dealkylation sites (tertiary alicyclic amines) is 1. The highest BCUT2D eigenvalue weighted by Gasteiger charge is 2.38. The van der Waals surface area contributed by atoms with E-state index in [1.165, 1.54) is 58.2 Å². The first kappa shape index (κ1) is 15.3. The number of rotatable bonds is 4. The molecule has 2 unspecified atom stereocenters. The lowest BCUT2D eigenvalue weighted by atomic mass is 9.75. The van der Waals surface area contributed by atoms with E-state index in [2.05, 4.69) is 30.8 Å². The Bertz CT molecular complexity index is 273. The average Bonchev–Trinajstić information content (AvgIpc) is 2.41. The van der Waals surface area contributed by atoms with Crippen LogP contribution in [0.1, 0.15) is 45.4 Å². The maximum absolute atomic E-state index is 6.18. The number of hydrogen-bond acceptors (Lipinski definition) is 3. The van der Waals surface area contributed by atoms with Crippen molar-refractivity contribution in [1.29, 1.82) is 0 Å². The van der Waals surface area contributed by atoms with Crippen molar-refractivity contribution in [3.8, 4) is 0 Å². The number of likely N-dealkylation sites (N-methyl/N-ethyl adjacent to an activating group) is 1. The first-order valence-electron chi connectivity index (χ1n) is 8.15. The second kappa shape index (κ2) is 6.55. The van der Waals surface area contributed by atoms with Crippen molar-refractivity contribution >= 4 is 0 Å². The van der Waals surface area contributed by atoms with Gasteiger partial charge in [0.2, 0.25) is 0 Å². The topological polar surface area (TPSA) is 32.5 Å². The van der Waals surface area contributed by atoms with Gasteiger partial charge in [0.15, 0.2) is 0 Å². The summed E-state index contributed by atoms with van der Waals surface area (Å²) >= 11 is 0. The van der Waals surface area contributed by atoms with Crippen LogP contribution < -0.4 is 5.73 Å². The van der Waals surface area contributed by atoms with Crippen molar-refractivity contribution in [2.75, 3.05) is 40.3 Å². The minimum absolute atomic E-state index is 0.293. The lowest BCUT2D eigenvalue weighted by molar-refractivity contribution is 0.0394. The van der Waals surface area contributed by atoms with E-state index in [1.54, 1.807) is 0 Å². The number of piperidine rings is 1. The van der Waals surface area contributed by atoms with Crippen LogP contribution in [0, 0.1) is 11.8 Å². The average molecular weight is 267 g/mol. The van der Waals surface area contributed by atoms with Crippen LogP contribution in [-0.4, -0.2) is 55.6 Å². The first-order valence-corrected chi connectivity index (χ1v) is 8.15.